The normalized spacial score (nSPS) is 16.2. The molecule has 2 aromatic rings. The van der Waals surface area contributed by atoms with Gasteiger partial charge in [-0.3, -0.25) is 4.79 Å². The minimum absolute atomic E-state index is 0.0133. The van der Waals surface area contributed by atoms with Crippen LogP contribution in [0, 0.1) is 0 Å². The topological polar surface area (TPSA) is 128 Å². The minimum atomic E-state index is -3.84. The second kappa shape index (κ2) is 11.1. The summed E-state index contributed by atoms with van der Waals surface area (Å²) < 4.78 is 69.1. The van der Waals surface area contributed by atoms with Gasteiger partial charge in [0.25, 0.3) is 0 Å². The lowest BCUT2D eigenvalue weighted by molar-refractivity contribution is -0.145. The first-order chi connectivity index (χ1) is 15.7. The summed E-state index contributed by atoms with van der Waals surface area (Å²) in [4.78, 5) is 12.3. The number of esters is 1. The van der Waals surface area contributed by atoms with Gasteiger partial charge < -0.3 is 14.2 Å². The molecule has 12 heteroatoms. The molecular weight excluding hydrogens is 472 g/mol. The van der Waals surface area contributed by atoms with E-state index in [4.69, 9.17) is 14.2 Å². The highest BCUT2D eigenvalue weighted by Crippen LogP contribution is 2.20. The van der Waals surface area contributed by atoms with Crippen LogP contribution in [0.5, 0.6) is 5.75 Å². The third kappa shape index (κ3) is 6.74. The molecule has 3 rings (SSSR count). The van der Waals surface area contributed by atoms with Crippen LogP contribution in [-0.2, 0) is 34.3 Å². The molecule has 180 valence electrons. The summed E-state index contributed by atoms with van der Waals surface area (Å²) in [5, 5.41) is 0. The van der Waals surface area contributed by atoms with E-state index in [-0.39, 0.29) is 23.0 Å². The number of morpholine rings is 1. The van der Waals surface area contributed by atoms with E-state index in [2.05, 4.69) is 4.72 Å². The van der Waals surface area contributed by atoms with Gasteiger partial charge in [-0.1, -0.05) is 18.2 Å². The second-order valence-electron chi connectivity index (χ2n) is 7.16. The Morgan fingerprint density at radius 3 is 2.24 bits per heavy atom. The maximum absolute atomic E-state index is 12.6. The standard InChI is InChI=1S/C21H26N2O8S2/c1-17(22-32(25,26)19-5-3-2-4-6-19)21(24)31-16-15-30-18-7-9-20(10-8-18)33(27,28)23-11-13-29-14-12-23/h2-10,17,22H,11-16H2,1H3/t17-/m0/s1. The number of hydrogen-bond acceptors (Lipinski definition) is 8. The fourth-order valence-electron chi connectivity index (χ4n) is 3.02. The molecule has 33 heavy (non-hydrogen) atoms. The van der Waals surface area contributed by atoms with Crippen molar-refractivity contribution in [3.63, 3.8) is 0 Å². The van der Waals surface area contributed by atoms with E-state index in [1.54, 1.807) is 18.2 Å². The van der Waals surface area contributed by atoms with Gasteiger partial charge in [-0.2, -0.15) is 9.03 Å². The molecule has 1 aliphatic heterocycles. The fraction of sp³-hybridized carbons (Fsp3) is 0.381. The van der Waals surface area contributed by atoms with Crippen LogP contribution in [0.4, 0.5) is 0 Å². The molecule has 0 aliphatic carbocycles. The van der Waals surface area contributed by atoms with Gasteiger partial charge in [-0.15, -0.1) is 0 Å². The number of nitrogens with one attached hydrogen (secondary N) is 1. The Labute approximate surface area is 193 Å². The molecule has 1 heterocycles. The van der Waals surface area contributed by atoms with Crippen LogP contribution < -0.4 is 9.46 Å². The van der Waals surface area contributed by atoms with Gasteiger partial charge in [-0.25, -0.2) is 16.8 Å². The molecule has 0 spiro atoms. The van der Waals surface area contributed by atoms with Crippen molar-refractivity contribution in [1.29, 1.82) is 0 Å². The van der Waals surface area contributed by atoms with Crippen LogP contribution in [0.3, 0.4) is 0 Å². The lowest BCUT2D eigenvalue weighted by Gasteiger charge is -2.26. The number of ether oxygens (including phenoxy) is 3. The van der Waals surface area contributed by atoms with Gasteiger partial charge in [-0.05, 0) is 43.3 Å². The third-order valence-electron chi connectivity index (χ3n) is 4.77. The first-order valence-electron chi connectivity index (χ1n) is 10.2. The zero-order chi connectivity index (χ0) is 23.9. The van der Waals surface area contributed by atoms with Crippen molar-refractivity contribution >= 4 is 26.0 Å². The largest absolute Gasteiger partial charge is 0.490 e. The minimum Gasteiger partial charge on any atom is -0.490 e. The number of benzene rings is 2. The Morgan fingerprint density at radius 2 is 1.61 bits per heavy atom. The molecule has 0 aromatic heterocycles. The smallest absolute Gasteiger partial charge is 0.324 e. The lowest BCUT2D eigenvalue weighted by atomic mass is 10.3. The van der Waals surface area contributed by atoms with Crippen LogP contribution in [-0.4, -0.2) is 72.7 Å². The molecule has 0 amide bonds. The molecule has 1 aliphatic rings. The van der Waals surface area contributed by atoms with Crippen LogP contribution in [0.2, 0.25) is 0 Å². The van der Waals surface area contributed by atoms with Crippen molar-refractivity contribution in [1.82, 2.24) is 9.03 Å². The van der Waals surface area contributed by atoms with Crippen LogP contribution in [0.25, 0.3) is 0 Å². The molecule has 0 saturated carbocycles. The summed E-state index contributed by atoms with van der Waals surface area (Å²) in [6, 6.07) is 12.6. The Balaban J connectivity index is 1.44. The van der Waals surface area contributed by atoms with E-state index >= 15 is 0 Å². The molecule has 1 fully saturated rings. The number of nitrogens with zero attached hydrogens (tertiary/aromatic N) is 1. The van der Waals surface area contributed by atoms with E-state index in [1.807, 2.05) is 0 Å². The Bertz CT molecular complexity index is 1130. The maximum atomic E-state index is 12.6. The van der Waals surface area contributed by atoms with Gasteiger partial charge in [0.15, 0.2) is 0 Å². The van der Waals surface area contributed by atoms with Gasteiger partial charge in [0.05, 0.1) is 23.0 Å². The molecule has 1 N–H and O–H groups in total. The van der Waals surface area contributed by atoms with Crippen molar-refractivity contribution in [3.8, 4) is 5.75 Å². The number of rotatable bonds is 10. The first-order valence-corrected chi connectivity index (χ1v) is 13.2. The van der Waals surface area contributed by atoms with E-state index < -0.39 is 32.1 Å². The molecule has 2 aromatic carbocycles. The van der Waals surface area contributed by atoms with Crippen molar-refractivity contribution in [2.24, 2.45) is 0 Å². The summed E-state index contributed by atoms with van der Waals surface area (Å²) in [6.45, 7) is 2.65. The van der Waals surface area contributed by atoms with Crippen molar-refractivity contribution in [2.75, 3.05) is 39.5 Å². The Morgan fingerprint density at radius 1 is 0.970 bits per heavy atom. The Hall–Kier alpha value is -2.51. The van der Waals surface area contributed by atoms with E-state index in [1.165, 1.54) is 47.6 Å². The predicted octanol–water partition coefficient (Wildman–Crippen LogP) is 0.997. The quantitative estimate of drug-likeness (QED) is 0.380. The highest BCUT2D eigenvalue weighted by atomic mass is 32.2. The zero-order valence-corrected chi connectivity index (χ0v) is 19.7. The molecule has 10 nitrogen and oxygen atoms in total. The monoisotopic (exact) mass is 498 g/mol. The van der Waals surface area contributed by atoms with E-state index in [9.17, 15) is 21.6 Å². The van der Waals surface area contributed by atoms with Gasteiger partial charge in [0, 0.05) is 13.1 Å². The van der Waals surface area contributed by atoms with Gasteiger partial charge >= 0.3 is 5.97 Å². The van der Waals surface area contributed by atoms with E-state index in [0.29, 0.717) is 32.1 Å². The molecule has 0 bridgehead atoms. The number of hydrogen-bond donors (Lipinski definition) is 1. The summed E-state index contributed by atoms with van der Waals surface area (Å²) in [5.74, 6) is -0.338. The van der Waals surface area contributed by atoms with Crippen LogP contribution in [0.1, 0.15) is 6.92 Å². The fourth-order valence-corrected chi connectivity index (χ4v) is 5.64. The Kier molecular flexibility index (Phi) is 8.43. The average Bonchev–Trinajstić information content (AvgIpc) is 2.83. The van der Waals surface area contributed by atoms with Crippen LogP contribution >= 0.6 is 0 Å². The summed E-state index contributed by atoms with van der Waals surface area (Å²) in [6.07, 6.45) is 0. The van der Waals surface area contributed by atoms with Gasteiger partial charge in [0.2, 0.25) is 20.0 Å². The first kappa shape index (κ1) is 25.1. The summed E-state index contributed by atoms with van der Waals surface area (Å²) in [5.41, 5.74) is 0. The number of sulfonamides is 2. The molecule has 0 unspecified atom stereocenters. The zero-order valence-electron chi connectivity index (χ0n) is 18.0. The van der Waals surface area contributed by atoms with Crippen molar-refractivity contribution in [3.05, 3.63) is 54.6 Å². The van der Waals surface area contributed by atoms with Crippen molar-refractivity contribution in [2.45, 2.75) is 22.8 Å². The van der Waals surface area contributed by atoms with Crippen LogP contribution in [0.15, 0.2) is 64.4 Å². The molecule has 0 radical (unpaired) electrons. The predicted molar refractivity (Wildman–Crippen MR) is 119 cm³/mol. The second-order valence-corrected chi connectivity index (χ2v) is 10.8. The summed E-state index contributed by atoms with van der Waals surface area (Å²) in [7, 11) is -7.43. The van der Waals surface area contributed by atoms with E-state index in [0.717, 1.165) is 0 Å². The lowest BCUT2D eigenvalue weighted by Crippen LogP contribution is -2.40. The number of carbonyl (C=O) groups is 1. The van der Waals surface area contributed by atoms with Crippen molar-refractivity contribution < 1.29 is 35.8 Å². The molecule has 1 saturated heterocycles. The maximum Gasteiger partial charge on any atom is 0.324 e. The molecule has 1 atom stereocenters. The summed E-state index contributed by atoms with van der Waals surface area (Å²) >= 11 is 0. The highest BCUT2D eigenvalue weighted by molar-refractivity contribution is 7.89. The number of carbonyl (C=O) groups excluding carboxylic acids is 1. The average molecular weight is 499 g/mol. The molecular formula is C21H26N2O8S2. The SMILES string of the molecule is C[C@H](NS(=O)(=O)c1ccccc1)C(=O)OCCOc1ccc(S(=O)(=O)N2CCOCC2)cc1. The third-order valence-corrected chi connectivity index (χ3v) is 8.24. The van der Waals surface area contributed by atoms with Gasteiger partial charge in [0.1, 0.15) is 25.0 Å². The highest BCUT2D eigenvalue weighted by Gasteiger charge is 2.26.